The Bertz CT molecular complexity index is 62.7. The molecule has 0 rings (SSSR count). The summed E-state index contributed by atoms with van der Waals surface area (Å²) in [7, 11) is 0. The molecule has 0 atom stereocenters. The van der Waals surface area contributed by atoms with E-state index in [1.54, 1.807) is 0 Å². The van der Waals surface area contributed by atoms with Crippen molar-refractivity contribution < 1.29 is 35.9 Å². The standard InChI is InChI=1S/2C6H13.Cu.Li/c2*1-4-5-6(2)3;;/h2*6H,1,4-5H2,2-3H3;;/q2*-1;2*+1. The van der Waals surface area contributed by atoms with Crippen LogP contribution < -0.4 is 18.9 Å². The van der Waals surface area contributed by atoms with Crippen molar-refractivity contribution in [3.63, 3.8) is 0 Å². The summed E-state index contributed by atoms with van der Waals surface area (Å²) < 4.78 is 0. The van der Waals surface area contributed by atoms with Gasteiger partial charge in [-0.15, -0.1) is 0 Å². The van der Waals surface area contributed by atoms with Crippen LogP contribution in [0.15, 0.2) is 0 Å². The first-order valence-corrected chi connectivity index (χ1v) is 5.13. The molecule has 0 aromatic carbocycles. The molecule has 0 unspecified atom stereocenters. The third-order valence-electron chi connectivity index (χ3n) is 1.56. The van der Waals surface area contributed by atoms with Crippen LogP contribution in [0.4, 0.5) is 0 Å². The van der Waals surface area contributed by atoms with E-state index in [9.17, 15) is 0 Å². The SMILES string of the molecule is [CH2-]CCC(C)C.[CH2-]CCC(C)C.[Cu+].[Li+]. The molecule has 0 aromatic rings. The second-order valence-electron chi connectivity index (χ2n) is 4.07. The molecule has 0 radical (unpaired) electrons. The number of hydrogen-bond donors (Lipinski definition) is 0. The van der Waals surface area contributed by atoms with E-state index in [2.05, 4.69) is 41.5 Å². The molecule has 0 aromatic heterocycles. The van der Waals surface area contributed by atoms with Gasteiger partial charge < -0.3 is 13.8 Å². The third-order valence-corrected chi connectivity index (χ3v) is 1.56. The van der Waals surface area contributed by atoms with Gasteiger partial charge in [-0.3, -0.25) is 0 Å². The topological polar surface area (TPSA) is 0 Å². The van der Waals surface area contributed by atoms with Crippen molar-refractivity contribution in [2.45, 2.75) is 53.4 Å². The number of rotatable bonds is 4. The van der Waals surface area contributed by atoms with Gasteiger partial charge in [0.1, 0.15) is 0 Å². The van der Waals surface area contributed by atoms with Crippen LogP contribution in [0.3, 0.4) is 0 Å². The van der Waals surface area contributed by atoms with Crippen LogP contribution in [-0.2, 0) is 17.1 Å². The Labute approximate surface area is 115 Å². The molecule has 0 amide bonds. The van der Waals surface area contributed by atoms with Gasteiger partial charge in [0, 0.05) is 0 Å². The minimum absolute atomic E-state index is 0. The molecular formula is C12H26CuLi. The quantitative estimate of drug-likeness (QED) is 0.516. The molecule has 0 nitrogen and oxygen atoms in total. The van der Waals surface area contributed by atoms with E-state index in [1.165, 1.54) is 12.8 Å². The van der Waals surface area contributed by atoms with Crippen LogP contribution in [0.25, 0.3) is 0 Å². The van der Waals surface area contributed by atoms with Crippen LogP contribution in [0.2, 0.25) is 0 Å². The van der Waals surface area contributed by atoms with Crippen molar-refractivity contribution in [3.05, 3.63) is 13.8 Å². The monoisotopic (exact) mass is 240 g/mol. The zero-order valence-electron chi connectivity index (χ0n) is 10.7. The fourth-order valence-electron chi connectivity index (χ4n) is 0.816. The molecule has 0 saturated heterocycles. The van der Waals surface area contributed by atoms with Gasteiger partial charge in [-0.2, -0.15) is 12.8 Å². The second-order valence-corrected chi connectivity index (χ2v) is 4.07. The van der Waals surface area contributed by atoms with Crippen molar-refractivity contribution in [1.82, 2.24) is 0 Å². The van der Waals surface area contributed by atoms with Gasteiger partial charge >= 0.3 is 35.9 Å². The minimum Gasteiger partial charge on any atom is -0.343 e. The largest absolute Gasteiger partial charge is 1.00 e. The second kappa shape index (κ2) is 19.7. The summed E-state index contributed by atoms with van der Waals surface area (Å²) >= 11 is 0. The molecule has 86 valence electrons. The molecule has 0 N–H and O–H groups in total. The van der Waals surface area contributed by atoms with E-state index < -0.39 is 0 Å². The van der Waals surface area contributed by atoms with Crippen molar-refractivity contribution in [2.24, 2.45) is 11.8 Å². The van der Waals surface area contributed by atoms with Gasteiger partial charge in [-0.05, 0) is 11.8 Å². The van der Waals surface area contributed by atoms with E-state index in [0.29, 0.717) is 0 Å². The zero-order valence-corrected chi connectivity index (χ0v) is 11.6. The van der Waals surface area contributed by atoms with E-state index >= 15 is 0 Å². The Kier molecular flexibility index (Phi) is 34.2. The molecule has 0 heterocycles. The van der Waals surface area contributed by atoms with Crippen LogP contribution in [0.1, 0.15) is 53.4 Å². The summed E-state index contributed by atoms with van der Waals surface area (Å²) in [6, 6.07) is 0. The van der Waals surface area contributed by atoms with Gasteiger partial charge in [-0.25, -0.2) is 0 Å². The molecule has 14 heavy (non-hydrogen) atoms. The van der Waals surface area contributed by atoms with E-state index in [4.69, 9.17) is 0 Å². The summed E-state index contributed by atoms with van der Waals surface area (Å²) in [4.78, 5) is 0. The van der Waals surface area contributed by atoms with Crippen molar-refractivity contribution in [2.75, 3.05) is 0 Å². The van der Waals surface area contributed by atoms with Gasteiger partial charge in [-0.1, -0.05) is 40.5 Å². The molecule has 0 bridgehead atoms. The Hall–Kier alpha value is 1.12. The summed E-state index contributed by atoms with van der Waals surface area (Å²) in [5.74, 6) is 1.67. The van der Waals surface area contributed by atoms with Gasteiger partial charge in [0.05, 0.1) is 0 Å². The Balaban J connectivity index is -0.0000000625. The maximum absolute atomic E-state index is 3.73. The maximum atomic E-state index is 3.73. The average Bonchev–Trinajstić information content (AvgIpc) is 1.87. The van der Waals surface area contributed by atoms with Crippen molar-refractivity contribution >= 4 is 0 Å². The Morgan fingerprint density at radius 1 is 0.786 bits per heavy atom. The third kappa shape index (κ3) is 38.0. The molecule has 0 aliphatic rings. The van der Waals surface area contributed by atoms with Gasteiger partial charge in [0.25, 0.3) is 0 Å². The van der Waals surface area contributed by atoms with Crippen molar-refractivity contribution in [3.8, 4) is 0 Å². The van der Waals surface area contributed by atoms with E-state index in [1.807, 2.05) is 0 Å². The van der Waals surface area contributed by atoms with Crippen LogP contribution >= 0.6 is 0 Å². The average molecular weight is 241 g/mol. The molecular weight excluding hydrogens is 215 g/mol. The molecule has 0 aliphatic carbocycles. The zero-order chi connectivity index (χ0) is 9.98. The first-order valence-electron chi connectivity index (χ1n) is 5.13. The van der Waals surface area contributed by atoms with Crippen LogP contribution in [-0.4, -0.2) is 0 Å². The summed E-state index contributed by atoms with van der Waals surface area (Å²) in [6.07, 6.45) is 4.69. The summed E-state index contributed by atoms with van der Waals surface area (Å²) in [6.45, 7) is 16.3. The van der Waals surface area contributed by atoms with Gasteiger partial charge in [0.2, 0.25) is 0 Å². The predicted molar refractivity (Wildman–Crippen MR) is 58.9 cm³/mol. The van der Waals surface area contributed by atoms with Gasteiger partial charge in [0.15, 0.2) is 0 Å². The fraction of sp³-hybridized carbons (Fsp3) is 0.833. The summed E-state index contributed by atoms with van der Waals surface area (Å²) in [5, 5.41) is 0. The maximum Gasteiger partial charge on any atom is 1.00 e. The Morgan fingerprint density at radius 2 is 1.00 bits per heavy atom. The number of hydrogen-bond acceptors (Lipinski definition) is 0. The fourth-order valence-corrected chi connectivity index (χ4v) is 0.816. The molecule has 0 saturated carbocycles. The molecule has 2 heteroatoms. The van der Waals surface area contributed by atoms with Crippen molar-refractivity contribution in [1.29, 1.82) is 0 Å². The minimum atomic E-state index is 0. The molecule has 0 spiro atoms. The van der Waals surface area contributed by atoms with Crippen LogP contribution in [0.5, 0.6) is 0 Å². The smallest absolute Gasteiger partial charge is 0.343 e. The molecule has 0 aliphatic heterocycles. The first kappa shape index (κ1) is 24.4. The summed E-state index contributed by atoms with van der Waals surface area (Å²) in [5.41, 5.74) is 0. The normalized spacial score (nSPS) is 8.57. The predicted octanol–water partition coefficient (Wildman–Crippen LogP) is 1.51. The first-order chi connectivity index (χ1) is 5.54. The van der Waals surface area contributed by atoms with E-state index in [-0.39, 0.29) is 35.9 Å². The Morgan fingerprint density at radius 3 is 1.00 bits per heavy atom. The molecule has 0 fully saturated rings. The van der Waals surface area contributed by atoms with Crippen LogP contribution in [0, 0.1) is 25.7 Å². The van der Waals surface area contributed by atoms with E-state index in [0.717, 1.165) is 24.7 Å².